The molecule has 1 unspecified atom stereocenters. The molecule has 11 nitrogen and oxygen atoms in total. The smallest absolute Gasteiger partial charge is 0.387 e. The van der Waals surface area contributed by atoms with Gasteiger partial charge < -0.3 is 20.3 Å². The normalized spacial score (nSPS) is 22.2. The molecular weight excluding hydrogens is 512 g/mol. The number of hydrogen-bond donors (Lipinski definition) is 4. The van der Waals surface area contributed by atoms with E-state index in [1.54, 1.807) is 48.7 Å². The number of ether oxygens (including phenoxy) is 1. The maximum absolute atomic E-state index is 12.9. The predicted octanol–water partition coefficient (Wildman–Crippen LogP) is 1.89. The van der Waals surface area contributed by atoms with Gasteiger partial charge in [0.15, 0.2) is 5.65 Å². The standard InChI is InChI=1S/C23H23F2N5O6S/c24-23(25)36-18-6-5-14(13-3-1-2-4-15(13)18)16-10-20-27-8-7-19(30(20)29-16)28-17-9-12(21(31)22(17)32)11-35-37(26,33)34/h1-8,10,12,17,21-23,28,31-32H,9,11H2,(H2,26,33,34)/t12?,17-,21-,22+/m1/s1. The van der Waals surface area contributed by atoms with Gasteiger partial charge in [-0.15, -0.1) is 0 Å². The van der Waals surface area contributed by atoms with Crippen molar-refractivity contribution >= 4 is 32.5 Å². The van der Waals surface area contributed by atoms with Crippen LogP contribution in [0.4, 0.5) is 14.6 Å². The van der Waals surface area contributed by atoms with Gasteiger partial charge in [0, 0.05) is 29.1 Å². The molecule has 196 valence electrons. The van der Waals surface area contributed by atoms with E-state index < -0.39 is 41.1 Å². The summed E-state index contributed by atoms with van der Waals surface area (Å²) in [6.07, 6.45) is -0.699. The zero-order valence-electron chi connectivity index (χ0n) is 19.1. The molecule has 0 saturated heterocycles. The highest BCUT2D eigenvalue weighted by atomic mass is 32.2. The van der Waals surface area contributed by atoms with E-state index in [1.807, 2.05) is 0 Å². The van der Waals surface area contributed by atoms with Crippen LogP contribution in [-0.4, -0.2) is 64.7 Å². The lowest BCUT2D eigenvalue weighted by Gasteiger charge is -2.19. The van der Waals surface area contributed by atoms with Crippen LogP contribution < -0.4 is 15.2 Å². The van der Waals surface area contributed by atoms with Crippen molar-refractivity contribution in [3.63, 3.8) is 0 Å². The van der Waals surface area contributed by atoms with Crippen molar-refractivity contribution < 1.29 is 36.3 Å². The minimum Gasteiger partial charge on any atom is -0.434 e. The fourth-order valence-corrected chi connectivity index (χ4v) is 5.00. The first-order valence-electron chi connectivity index (χ1n) is 11.2. The molecule has 0 amide bonds. The molecule has 0 spiro atoms. The molecule has 0 aliphatic heterocycles. The Morgan fingerprint density at radius 2 is 1.89 bits per heavy atom. The third kappa shape index (κ3) is 5.19. The summed E-state index contributed by atoms with van der Waals surface area (Å²) in [7, 11) is -4.19. The predicted molar refractivity (Wildman–Crippen MR) is 129 cm³/mol. The van der Waals surface area contributed by atoms with Crippen LogP contribution in [0.5, 0.6) is 5.75 Å². The van der Waals surface area contributed by atoms with Crippen LogP contribution >= 0.6 is 0 Å². The molecule has 1 aliphatic rings. The first kappa shape index (κ1) is 25.2. The molecule has 1 fully saturated rings. The highest BCUT2D eigenvalue weighted by molar-refractivity contribution is 7.84. The SMILES string of the molecule is NS(=O)(=O)OCC1C[C@@H](Nc2ccnc3cc(-c4ccc(OC(F)F)c5ccccc45)nn23)[C@H](O)[C@@H]1O. The number of halogens is 2. The number of aliphatic hydroxyl groups excluding tert-OH is 2. The number of benzene rings is 2. The second-order valence-electron chi connectivity index (χ2n) is 8.67. The van der Waals surface area contributed by atoms with E-state index in [9.17, 15) is 27.4 Å². The van der Waals surface area contributed by atoms with Crippen molar-refractivity contribution in [2.24, 2.45) is 11.1 Å². The number of nitrogens with one attached hydrogen (secondary N) is 1. The maximum atomic E-state index is 12.9. The van der Waals surface area contributed by atoms with Crippen molar-refractivity contribution in [2.75, 3.05) is 11.9 Å². The van der Waals surface area contributed by atoms with Gasteiger partial charge >= 0.3 is 16.9 Å². The Bertz CT molecular complexity index is 1550. The Kier molecular flexibility index (Phi) is 6.68. The Labute approximate surface area is 209 Å². The van der Waals surface area contributed by atoms with Crippen LogP contribution in [0.15, 0.2) is 54.7 Å². The second kappa shape index (κ2) is 9.79. The Morgan fingerprint density at radius 3 is 2.62 bits per heavy atom. The van der Waals surface area contributed by atoms with Crippen LogP contribution in [0.25, 0.3) is 27.7 Å². The molecule has 5 rings (SSSR count). The number of rotatable bonds is 8. The lowest BCUT2D eigenvalue weighted by Crippen LogP contribution is -2.36. The molecule has 4 aromatic rings. The van der Waals surface area contributed by atoms with Gasteiger partial charge in [0.2, 0.25) is 0 Å². The molecule has 37 heavy (non-hydrogen) atoms. The highest BCUT2D eigenvalue weighted by Gasteiger charge is 2.42. The number of aromatic nitrogens is 3. The van der Waals surface area contributed by atoms with E-state index in [2.05, 4.69) is 24.3 Å². The van der Waals surface area contributed by atoms with Gasteiger partial charge in [-0.1, -0.05) is 24.3 Å². The van der Waals surface area contributed by atoms with Crippen molar-refractivity contribution in [3.05, 3.63) is 54.7 Å². The lowest BCUT2D eigenvalue weighted by atomic mass is 10.0. The Balaban J connectivity index is 1.45. The molecule has 1 saturated carbocycles. The molecule has 1 aliphatic carbocycles. The van der Waals surface area contributed by atoms with Crippen LogP contribution in [-0.2, 0) is 14.5 Å². The zero-order valence-corrected chi connectivity index (χ0v) is 19.9. The maximum Gasteiger partial charge on any atom is 0.387 e. The molecule has 14 heteroatoms. The fraction of sp³-hybridized carbons (Fsp3) is 0.304. The Hall–Kier alpha value is -3.43. The molecular formula is C23H23F2N5O6S. The number of nitrogens with zero attached hydrogens (tertiary/aromatic N) is 3. The molecule has 2 aromatic carbocycles. The number of hydrogen-bond acceptors (Lipinski definition) is 9. The lowest BCUT2D eigenvalue weighted by molar-refractivity contribution is -0.0487. The molecule has 2 heterocycles. The van der Waals surface area contributed by atoms with E-state index in [4.69, 9.17) is 5.14 Å². The van der Waals surface area contributed by atoms with Gasteiger partial charge in [-0.3, -0.25) is 4.18 Å². The minimum atomic E-state index is -4.19. The monoisotopic (exact) mass is 535 g/mol. The second-order valence-corrected chi connectivity index (χ2v) is 9.89. The van der Waals surface area contributed by atoms with Gasteiger partial charge in [0.25, 0.3) is 0 Å². The van der Waals surface area contributed by atoms with Gasteiger partial charge in [0.1, 0.15) is 17.7 Å². The van der Waals surface area contributed by atoms with E-state index >= 15 is 0 Å². The summed E-state index contributed by atoms with van der Waals surface area (Å²) in [5.74, 6) is -0.160. The van der Waals surface area contributed by atoms with E-state index in [1.165, 1.54) is 10.6 Å². The summed E-state index contributed by atoms with van der Waals surface area (Å²) >= 11 is 0. The molecule has 4 atom stereocenters. The number of nitrogens with two attached hydrogens (primary N) is 1. The molecule has 2 aromatic heterocycles. The number of alkyl halides is 2. The first-order chi connectivity index (χ1) is 17.6. The van der Waals surface area contributed by atoms with Crippen molar-refractivity contribution in [1.29, 1.82) is 0 Å². The Morgan fingerprint density at radius 1 is 1.14 bits per heavy atom. The average molecular weight is 536 g/mol. The molecule has 0 radical (unpaired) electrons. The highest BCUT2D eigenvalue weighted by Crippen LogP contribution is 2.35. The molecule has 0 bridgehead atoms. The molecule has 5 N–H and O–H groups in total. The summed E-state index contributed by atoms with van der Waals surface area (Å²) < 4.78 is 58.7. The van der Waals surface area contributed by atoms with Crippen molar-refractivity contribution in [2.45, 2.75) is 31.3 Å². The van der Waals surface area contributed by atoms with E-state index in [0.717, 1.165) is 0 Å². The summed E-state index contributed by atoms with van der Waals surface area (Å²) in [6, 6.07) is 12.8. The average Bonchev–Trinajstić information content (AvgIpc) is 3.39. The van der Waals surface area contributed by atoms with Gasteiger partial charge in [-0.25, -0.2) is 10.1 Å². The largest absolute Gasteiger partial charge is 0.434 e. The van der Waals surface area contributed by atoms with E-state index in [0.29, 0.717) is 33.5 Å². The number of aliphatic hydroxyl groups is 2. The topological polar surface area (TPSA) is 161 Å². The summed E-state index contributed by atoms with van der Waals surface area (Å²) in [6.45, 7) is -3.33. The third-order valence-electron chi connectivity index (χ3n) is 6.32. The number of anilines is 1. The summed E-state index contributed by atoms with van der Waals surface area (Å²) in [4.78, 5) is 4.33. The van der Waals surface area contributed by atoms with Gasteiger partial charge in [-0.05, 0) is 30.0 Å². The van der Waals surface area contributed by atoms with Gasteiger partial charge in [-0.2, -0.15) is 26.8 Å². The third-order valence-corrected chi connectivity index (χ3v) is 6.78. The minimum absolute atomic E-state index is 0.0494. The van der Waals surface area contributed by atoms with Crippen LogP contribution in [0.2, 0.25) is 0 Å². The zero-order chi connectivity index (χ0) is 26.3. The first-order valence-corrected chi connectivity index (χ1v) is 12.7. The number of fused-ring (bicyclic) bond motifs is 2. The van der Waals surface area contributed by atoms with Crippen molar-refractivity contribution in [1.82, 2.24) is 14.6 Å². The van der Waals surface area contributed by atoms with Crippen LogP contribution in [0.3, 0.4) is 0 Å². The van der Waals surface area contributed by atoms with Crippen LogP contribution in [0.1, 0.15) is 6.42 Å². The van der Waals surface area contributed by atoms with E-state index in [-0.39, 0.29) is 18.8 Å². The fourth-order valence-electron chi connectivity index (χ4n) is 4.63. The summed E-state index contributed by atoms with van der Waals surface area (Å²) in [5, 5.41) is 34.7. The van der Waals surface area contributed by atoms with Crippen molar-refractivity contribution in [3.8, 4) is 17.0 Å². The van der Waals surface area contributed by atoms with Gasteiger partial charge in [0.05, 0.1) is 24.4 Å². The quantitative estimate of drug-likeness (QED) is 0.264. The summed E-state index contributed by atoms with van der Waals surface area (Å²) in [5.41, 5.74) is 1.66. The van der Waals surface area contributed by atoms with Crippen LogP contribution in [0, 0.1) is 5.92 Å².